The largest absolute Gasteiger partial charge is 0.393 e. The van der Waals surface area contributed by atoms with Crippen molar-refractivity contribution in [2.75, 3.05) is 13.2 Å². The lowest BCUT2D eigenvalue weighted by Crippen LogP contribution is -2.42. The highest BCUT2D eigenvalue weighted by atomic mass is 32.1. The maximum atomic E-state index is 11.7. The van der Waals surface area contributed by atoms with E-state index >= 15 is 0 Å². The van der Waals surface area contributed by atoms with Crippen LogP contribution in [-0.2, 0) is 9.53 Å². The fraction of sp³-hybridized carbons (Fsp3) is 0.818. The van der Waals surface area contributed by atoms with Gasteiger partial charge in [-0.2, -0.15) is 0 Å². The van der Waals surface area contributed by atoms with Gasteiger partial charge in [0.1, 0.15) is 0 Å². The summed E-state index contributed by atoms with van der Waals surface area (Å²) >= 11 is 4.88. The maximum absolute atomic E-state index is 11.7. The van der Waals surface area contributed by atoms with Crippen LogP contribution < -0.4 is 11.1 Å². The van der Waals surface area contributed by atoms with Crippen LogP contribution in [0, 0.1) is 11.8 Å². The van der Waals surface area contributed by atoms with Crippen LogP contribution in [0.4, 0.5) is 0 Å². The van der Waals surface area contributed by atoms with Crippen molar-refractivity contribution >= 4 is 23.1 Å². The molecule has 0 aliphatic carbocycles. The van der Waals surface area contributed by atoms with Gasteiger partial charge >= 0.3 is 0 Å². The number of rotatable bonds is 7. The molecule has 0 bridgehead atoms. The zero-order valence-corrected chi connectivity index (χ0v) is 11.3. The molecule has 0 aliphatic heterocycles. The molecule has 0 aromatic carbocycles. The summed E-state index contributed by atoms with van der Waals surface area (Å²) in [7, 11) is 0. The fourth-order valence-corrected chi connectivity index (χ4v) is 1.72. The monoisotopic (exact) mass is 246 g/mol. The minimum Gasteiger partial charge on any atom is -0.393 e. The first-order valence-electron chi connectivity index (χ1n) is 5.54. The van der Waals surface area contributed by atoms with Gasteiger partial charge in [-0.3, -0.25) is 4.79 Å². The van der Waals surface area contributed by atoms with E-state index in [1.807, 2.05) is 27.7 Å². The van der Waals surface area contributed by atoms with Gasteiger partial charge in [0.25, 0.3) is 0 Å². The third-order valence-corrected chi connectivity index (χ3v) is 2.36. The number of amides is 1. The molecule has 0 saturated heterocycles. The number of nitrogens with two attached hydrogens (primary N) is 1. The Labute approximate surface area is 103 Å². The van der Waals surface area contributed by atoms with Gasteiger partial charge in [0.05, 0.1) is 23.6 Å². The lowest BCUT2D eigenvalue weighted by atomic mass is 9.95. The summed E-state index contributed by atoms with van der Waals surface area (Å²) in [5.41, 5.74) is 5.53. The van der Waals surface area contributed by atoms with Crippen LogP contribution in [-0.4, -0.2) is 30.2 Å². The van der Waals surface area contributed by atoms with Crippen LogP contribution in [0.3, 0.4) is 0 Å². The minimum absolute atomic E-state index is 0.114. The molecule has 0 aromatic heterocycles. The molecule has 0 saturated carbocycles. The van der Waals surface area contributed by atoms with Crippen LogP contribution >= 0.6 is 12.2 Å². The highest BCUT2D eigenvalue weighted by Crippen LogP contribution is 2.11. The first-order chi connectivity index (χ1) is 7.36. The van der Waals surface area contributed by atoms with Crippen LogP contribution in [0.15, 0.2) is 0 Å². The van der Waals surface area contributed by atoms with Crippen molar-refractivity contribution in [2.45, 2.75) is 33.8 Å². The van der Waals surface area contributed by atoms with Crippen molar-refractivity contribution in [1.29, 1.82) is 0 Å². The van der Waals surface area contributed by atoms with E-state index in [0.29, 0.717) is 13.2 Å². The second-order valence-electron chi connectivity index (χ2n) is 4.33. The standard InChI is InChI=1S/C11H22N2O2S/c1-7(2)9(10(12)16)11(14)13-5-6-15-8(3)4/h7-9H,5-6H2,1-4H3,(H2,12,16)(H,13,14). The van der Waals surface area contributed by atoms with Crippen LogP contribution in [0.2, 0.25) is 0 Å². The molecule has 5 heteroatoms. The van der Waals surface area contributed by atoms with Gasteiger partial charge in [0.15, 0.2) is 0 Å². The maximum Gasteiger partial charge on any atom is 0.230 e. The number of carbonyl (C=O) groups is 1. The number of thiocarbonyl (C=S) groups is 1. The Morgan fingerprint density at radius 1 is 1.38 bits per heavy atom. The first-order valence-corrected chi connectivity index (χ1v) is 5.95. The number of carbonyl (C=O) groups excluding carboxylic acids is 1. The Morgan fingerprint density at radius 3 is 2.31 bits per heavy atom. The SMILES string of the molecule is CC(C)OCCNC(=O)C(C(N)=S)C(C)C. The van der Waals surface area contributed by atoms with E-state index in [-0.39, 0.29) is 22.9 Å². The van der Waals surface area contributed by atoms with E-state index in [1.165, 1.54) is 0 Å². The van der Waals surface area contributed by atoms with Crippen molar-refractivity contribution in [3.8, 4) is 0 Å². The number of hydrogen-bond donors (Lipinski definition) is 2. The third-order valence-electron chi connectivity index (χ3n) is 2.11. The van der Waals surface area contributed by atoms with E-state index in [9.17, 15) is 4.79 Å². The molecular weight excluding hydrogens is 224 g/mol. The molecule has 94 valence electrons. The molecule has 1 unspecified atom stereocenters. The molecular formula is C11H22N2O2S. The van der Waals surface area contributed by atoms with E-state index in [4.69, 9.17) is 22.7 Å². The molecule has 0 radical (unpaired) electrons. The van der Waals surface area contributed by atoms with Crippen LogP contribution in [0.1, 0.15) is 27.7 Å². The Balaban J connectivity index is 3.98. The summed E-state index contributed by atoms with van der Waals surface area (Å²) in [5, 5.41) is 2.77. The van der Waals surface area contributed by atoms with Gasteiger partial charge in [0, 0.05) is 6.54 Å². The van der Waals surface area contributed by atoms with E-state index in [2.05, 4.69) is 5.32 Å². The highest BCUT2D eigenvalue weighted by molar-refractivity contribution is 7.80. The van der Waals surface area contributed by atoms with Gasteiger partial charge in [-0.05, 0) is 19.8 Å². The van der Waals surface area contributed by atoms with E-state index in [0.717, 1.165) is 0 Å². The van der Waals surface area contributed by atoms with Gasteiger partial charge in [-0.1, -0.05) is 26.1 Å². The molecule has 0 aliphatic rings. The second kappa shape index (κ2) is 7.57. The van der Waals surface area contributed by atoms with Crippen molar-refractivity contribution in [2.24, 2.45) is 17.6 Å². The van der Waals surface area contributed by atoms with Gasteiger partial charge < -0.3 is 15.8 Å². The molecule has 1 atom stereocenters. The summed E-state index contributed by atoms with van der Waals surface area (Å²) in [6.07, 6.45) is 0.174. The zero-order valence-electron chi connectivity index (χ0n) is 10.4. The molecule has 0 rings (SSSR count). The van der Waals surface area contributed by atoms with Crippen LogP contribution in [0.25, 0.3) is 0 Å². The molecule has 0 aromatic rings. The van der Waals surface area contributed by atoms with Crippen molar-refractivity contribution < 1.29 is 9.53 Å². The van der Waals surface area contributed by atoms with Crippen molar-refractivity contribution in [1.82, 2.24) is 5.32 Å². The lowest BCUT2D eigenvalue weighted by Gasteiger charge is -2.19. The molecule has 0 heterocycles. The number of nitrogens with one attached hydrogen (secondary N) is 1. The van der Waals surface area contributed by atoms with Crippen molar-refractivity contribution in [3.05, 3.63) is 0 Å². The molecule has 0 fully saturated rings. The zero-order chi connectivity index (χ0) is 12.7. The third kappa shape index (κ3) is 6.02. The van der Waals surface area contributed by atoms with E-state index < -0.39 is 5.92 Å². The molecule has 0 spiro atoms. The Morgan fingerprint density at radius 2 is 1.94 bits per heavy atom. The molecule has 16 heavy (non-hydrogen) atoms. The van der Waals surface area contributed by atoms with Gasteiger partial charge in [-0.15, -0.1) is 0 Å². The van der Waals surface area contributed by atoms with Crippen molar-refractivity contribution in [3.63, 3.8) is 0 Å². The Bertz CT molecular complexity index is 242. The number of hydrogen-bond acceptors (Lipinski definition) is 3. The second-order valence-corrected chi connectivity index (χ2v) is 4.81. The normalized spacial score (nSPS) is 12.9. The summed E-state index contributed by atoms with van der Waals surface area (Å²) in [6, 6.07) is 0. The summed E-state index contributed by atoms with van der Waals surface area (Å²) in [5.74, 6) is -0.396. The predicted octanol–water partition coefficient (Wildman–Crippen LogP) is 1.09. The smallest absolute Gasteiger partial charge is 0.230 e. The summed E-state index contributed by atoms with van der Waals surface area (Å²) < 4.78 is 5.31. The van der Waals surface area contributed by atoms with Crippen LogP contribution in [0.5, 0.6) is 0 Å². The molecule has 4 nitrogen and oxygen atoms in total. The fourth-order valence-electron chi connectivity index (χ4n) is 1.34. The van der Waals surface area contributed by atoms with Gasteiger partial charge in [0.2, 0.25) is 5.91 Å². The summed E-state index contributed by atoms with van der Waals surface area (Å²) in [4.78, 5) is 12.0. The Kier molecular flexibility index (Phi) is 7.25. The Hall–Kier alpha value is -0.680. The average molecular weight is 246 g/mol. The highest BCUT2D eigenvalue weighted by Gasteiger charge is 2.24. The van der Waals surface area contributed by atoms with E-state index in [1.54, 1.807) is 0 Å². The molecule has 3 N–H and O–H groups in total. The summed E-state index contributed by atoms with van der Waals surface area (Å²) in [6.45, 7) is 8.75. The quantitative estimate of drug-likeness (QED) is 0.521. The topological polar surface area (TPSA) is 64.3 Å². The van der Waals surface area contributed by atoms with Gasteiger partial charge in [-0.25, -0.2) is 0 Å². The molecule has 1 amide bonds. The first kappa shape index (κ1) is 15.3. The minimum atomic E-state index is -0.394. The lowest BCUT2D eigenvalue weighted by molar-refractivity contribution is -0.124. The average Bonchev–Trinajstić information content (AvgIpc) is 2.10. The predicted molar refractivity (Wildman–Crippen MR) is 69.2 cm³/mol. The number of ether oxygens (including phenoxy) is 1.